The van der Waals surface area contributed by atoms with Crippen molar-refractivity contribution in [3.63, 3.8) is 0 Å². The zero-order valence-electron chi connectivity index (χ0n) is 24.0. The van der Waals surface area contributed by atoms with Gasteiger partial charge in [-0.2, -0.15) is 13.1 Å². The highest BCUT2D eigenvalue weighted by Gasteiger charge is 2.45. The number of benzene rings is 3. The van der Waals surface area contributed by atoms with Crippen molar-refractivity contribution in [1.82, 2.24) is 19.7 Å². The average Bonchev–Trinajstić information content (AvgIpc) is 3.03. The highest BCUT2D eigenvalue weighted by molar-refractivity contribution is 7.89. The maximum absolute atomic E-state index is 13.4. The number of carbonyl (C=O) groups is 4. The first-order chi connectivity index (χ1) is 21.8. The molecule has 1 aliphatic heterocycles. The van der Waals surface area contributed by atoms with E-state index in [1.807, 2.05) is 0 Å². The number of nitrogens with zero attached hydrogens (tertiary/aromatic N) is 1. The molecule has 4 rings (SSSR count). The molecule has 1 aliphatic rings. The van der Waals surface area contributed by atoms with Crippen LogP contribution in [-0.4, -0.2) is 74.0 Å². The van der Waals surface area contributed by atoms with Crippen molar-refractivity contribution in [3.8, 4) is 0 Å². The largest absolute Gasteiger partial charge is 0.459 e. The molecule has 3 aromatic rings. The summed E-state index contributed by atoms with van der Waals surface area (Å²) in [6.07, 6.45) is -1.11. The fraction of sp³-hybridized carbons (Fsp3) is 0.241. The Balaban J connectivity index is 1.49. The van der Waals surface area contributed by atoms with E-state index in [9.17, 15) is 36.0 Å². The van der Waals surface area contributed by atoms with Crippen LogP contribution in [0.2, 0.25) is 0 Å². The molecule has 0 aromatic heterocycles. The summed E-state index contributed by atoms with van der Waals surface area (Å²) in [6.45, 7) is -0.966. The van der Waals surface area contributed by atoms with Crippen molar-refractivity contribution >= 4 is 44.2 Å². The number of carbonyl (C=O) groups excluding carboxylic acids is 4. The van der Waals surface area contributed by atoms with Crippen molar-refractivity contribution in [2.45, 2.75) is 31.3 Å². The Labute approximate surface area is 264 Å². The quantitative estimate of drug-likeness (QED) is 0.107. The van der Waals surface area contributed by atoms with Crippen LogP contribution in [0.1, 0.15) is 22.7 Å². The van der Waals surface area contributed by atoms with Crippen molar-refractivity contribution < 1.29 is 50.0 Å². The minimum Gasteiger partial charge on any atom is -0.459 e. The summed E-state index contributed by atoms with van der Waals surface area (Å²) >= 11 is 0. The second-order valence-corrected chi connectivity index (χ2v) is 13.1. The molecule has 3 atom stereocenters. The highest BCUT2D eigenvalue weighted by Crippen LogP contribution is 2.19. The van der Waals surface area contributed by atoms with Crippen LogP contribution in [0.5, 0.6) is 0 Å². The molecule has 0 aliphatic carbocycles. The number of esters is 1. The lowest BCUT2D eigenvalue weighted by molar-refractivity contribution is -0.146. The number of hydrogen-bond acceptors (Lipinski definition) is 10. The van der Waals surface area contributed by atoms with Crippen molar-refractivity contribution in [2.75, 3.05) is 12.3 Å². The molecule has 0 spiro atoms. The van der Waals surface area contributed by atoms with E-state index in [0.29, 0.717) is 11.1 Å². The van der Waals surface area contributed by atoms with E-state index in [1.54, 1.807) is 66.7 Å². The number of amides is 3. The summed E-state index contributed by atoms with van der Waals surface area (Å²) < 4.78 is 71.1. The lowest BCUT2D eigenvalue weighted by Gasteiger charge is -2.36. The third-order valence-corrected chi connectivity index (χ3v) is 8.83. The molecule has 3 amide bonds. The molecule has 244 valence electrons. The molecular formula is C29H30N4O11S2. The summed E-state index contributed by atoms with van der Waals surface area (Å²) in [7, 11) is -9.43. The molecule has 1 saturated heterocycles. The monoisotopic (exact) mass is 674 g/mol. The smallest absolute Gasteiger partial charge is 0.408 e. The minimum atomic E-state index is -4.83. The maximum atomic E-state index is 13.4. The first-order valence-electron chi connectivity index (χ1n) is 13.6. The average molecular weight is 675 g/mol. The van der Waals surface area contributed by atoms with Crippen LogP contribution in [0.25, 0.3) is 0 Å². The molecule has 0 radical (unpaired) electrons. The first-order valence-corrected chi connectivity index (χ1v) is 16.7. The number of ether oxygens (including phenoxy) is 2. The zero-order chi connectivity index (χ0) is 33.3. The van der Waals surface area contributed by atoms with E-state index in [1.165, 1.54) is 24.3 Å². The summed E-state index contributed by atoms with van der Waals surface area (Å²) in [6, 6.07) is 19.8. The van der Waals surface area contributed by atoms with E-state index >= 15 is 0 Å². The second-order valence-electron chi connectivity index (χ2n) is 10.0. The predicted molar refractivity (Wildman–Crippen MR) is 161 cm³/mol. The van der Waals surface area contributed by atoms with Gasteiger partial charge in [-0.15, -0.1) is 0 Å². The molecule has 46 heavy (non-hydrogen) atoms. The molecule has 1 heterocycles. The van der Waals surface area contributed by atoms with Crippen LogP contribution in [0, 0.1) is 0 Å². The summed E-state index contributed by atoms with van der Waals surface area (Å²) in [5.41, 5.74) is 1.37. The molecule has 0 saturated carbocycles. The van der Waals surface area contributed by atoms with Crippen molar-refractivity contribution in [3.05, 3.63) is 108 Å². The third-order valence-electron chi connectivity index (χ3n) is 6.58. The van der Waals surface area contributed by atoms with Gasteiger partial charge < -0.3 is 20.1 Å². The highest BCUT2D eigenvalue weighted by atomic mass is 32.2. The molecule has 15 nitrogen and oxygen atoms in total. The van der Waals surface area contributed by atoms with Gasteiger partial charge in [0.1, 0.15) is 31.3 Å². The van der Waals surface area contributed by atoms with Crippen LogP contribution >= 0.6 is 0 Å². The van der Waals surface area contributed by atoms with Gasteiger partial charge >= 0.3 is 22.4 Å². The molecular weight excluding hydrogens is 644 g/mol. The molecule has 17 heteroatoms. The Morgan fingerprint density at radius 1 is 0.826 bits per heavy atom. The van der Waals surface area contributed by atoms with Gasteiger partial charge in [0, 0.05) is 0 Å². The fourth-order valence-electron chi connectivity index (χ4n) is 4.24. The molecule has 3 unspecified atom stereocenters. The predicted octanol–water partition coefficient (Wildman–Crippen LogP) is 0.815. The van der Waals surface area contributed by atoms with E-state index in [0.717, 1.165) is 0 Å². The first kappa shape index (κ1) is 34.0. The van der Waals surface area contributed by atoms with Gasteiger partial charge in [0.05, 0.1) is 12.3 Å². The number of sulfonamides is 1. The molecule has 1 fully saturated rings. The lowest BCUT2D eigenvalue weighted by atomic mass is 10.1. The van der Waals surface area contributed by atoms with Crippen LogP contribution in [0.15, 0.2) is 91.0 Å². The van der Waals surface area contributed by atoms with Crippen LogP contribution < -0.4 is 15.4 Å². The van der Waals surface area contributed by atoms with E-state index < -0.39 is 74.6 Å². The Bertz CT molecular complexity index is 1760. The number of rotatable bonds is 14. The summed E-state index contributed by atoms with van der Waals surface area (Å²) in [5, 5.41) is 4.47. The van der Waals surface area contributed by atoms with Gasteiger partial charge in [-0.25, -0.2) is 22.3 Å². The van der Waals surface area contributed by atoms with Crippen molar-refractivity contribution in [2.24, 2.45) is 0 Å². The van der Waals surface area contributed by atoms with E-state index in [2.05, 4.69) is 15.4 Å². The van der Waals surface area contributed by atoms with E-state index in [-0.39, 0.29) is 23.1 Å². The topological polar surface area (TPSA) is 215 Å². The number of hydrogen-bond donors (Lipinski definition) is 4. The van der Waals surface area contributed by atoms with Gasteiger partial charge in [0.15, 0.2) is 0 Å². The Kier molecular flexibility index (Phi) is 11.1. The Morgan fingerprint density at radius 3 is 1.87 bits per heavy atom. The number of alkyl carbamates (subject to hydrolysis) is 1. The standard InChI is InChI=1S/C29H30N4O11S2/c34-26(30-23-16-33(27(23)35)46(40,41)42)25(22-14-8-3-9-15-22)32-45(38,39)19-24(28(36)43-17-20-10-4-1-5-11-20)31-29(37)44-18-21-12-6-2-7-13-21/h1-15,23-25,32H,16-19H2,(H,30,34)(H,31,37)(H,40,41,42). The fourth-order valence-corrected chi connectivity index (χ4v) is 6.28. The lowest BCUT2D eigenvalue weighted by Crippen LogP contribution is -2.66. The van der Waals surface area contributed by atoms with Crippen LogP contribution in [-0.2, 0) is 57.4 Å². The third kappa shape index (κ3) is 9.58. The summed E-state index contributed by atoms with van der Waals surface area (Å²) in [5.74, 6) is -4.32. The Morgan fingerprint density at radius 2 is 1.35 bits per heavy atom. The summed E-state index contributed by atoms with van der Waals surface area (Å²) in [4.78, 5) is 51.0. The normalized spacial score (nSPS) is 16.0. The zero-order valence-corrected chi connectivity index (χ0v) is 25.6. The van der Waals surface area contributed by atoms with Crippen LogP contribution in [0.3, 0.4) is 0 Å². The SMILES string of the molecule is O=C(NC(CS(=O)(=O)NC(C(=O)NC1CN(S(=O)(=O)O)C1=O)c1ccccc1)C(=O)OCc1ccccc1)OCc1ccccc1. The van der Waals surface area contributed by atoms with Gasteiger partial charge in [-0.3, -0.25) is 14.1 Å². The van der Waals surface area contributed by atoms with Gasteiger partial charge in [-0.1, -0.05) is 91.0 Å². The van der Waals surface area contributed by atoms with Crippen LogP contribution in [0.4, 0.5) is 4.79 Å². The Hall–Kier alpha value is -4.84. The minimum absolute atomic E-state index is 0.133. The van der Waals surface area contributed by atoms with E-state index in [4.69, 9.17) is 14.0 Å². The van der Waals surface area contributed by atoms with Gasteiger partial charge in [0.2, 0.25) is 15.9 Å². The molecule has 4 N–H and O–H groups in total. The molecule has 0 bridgehead atoms. The van der Waals surface area contributed by atoms with Crippen molar-refractivity contribution in [1.29, 1.82) is 0 Å². The van der Waals surface area contributed by atoms with Gasteiger partial charge in [-0.05, 0) is 16.7 Å². The maximum Gasteiger partial charge on any atom is 0.408 e. The van der Waals surface area contributed by atoms with Gasteiger partial charge in [0.25, 0.3) is 5.91 Å². The second kappa shape index (κ2) is 15.0. The number of nitrogens with one attached hydrogen (secondary N) is 3. The molecule has 3 aromatic carbocycles. The number of β-lactam (4-membered cyclic amide) rings is 1.